The molecule has 0 radical (unpaired) electrons. The van der Waals surface area contributed by atoms with Gasteiger partial charge in [-0.05, 0) is 204 Å². The SMILES string of the molecule is CC(C)(C)OC(=O)NCC1CCC(C(=O)N(c2ccc(-c3nn[nH]n3)cc2)[C@@H](Cc2cccc(Br)c2)C(N)=O)CC1.CN(C)CCNC(=O)c1cccc(-c2cccc(C[C@H](NC(=O)C3CCC(CNC(=O)O)CC3)C(=O)Nc3ccc(-c4nn[nH]n4)cc3)c2)c1. The normalized spacial score (nSPS) is 17.0. The van der Waals surface area contributed by atoms with Crippen molar-refractivity contribution in [3.63, 3.8) is 0 Å². The number of amides is 7. The quantitative estimate of drug-likeness (QED) is 0.0293. The maximum atomic E-state index is 14.1. The number of nitrogens with one attached hydrogen (secondary N) is 7. The molecule has 2 fully saturated rings. The van der Waals surface area contributed by atoms with Gasteiger partial charge in [0.1, 0.15) is 17.7 Å². The summed E-state index contributed by atoms with van der Waals surface area (Å²) in [5, 5.41) is 51.1. The molecule has 0 aliphatic heterocycles. The molecular weight excluding hydrogens is 1230 g/mol. The van der Waals surface area contributed by atoms with Crippen LogP contribution in [0.25, 0.3) is 33.9 Å². The van der Waals surface area contributed by atoms with E-state index in [1.165, 1.54) is 0 Å². The average molecular weight is 1310 g/mol. The number of ether oxygens (including phenoxy) is 1. The molecule has 2 aliphatic rings. The van der Waals surface area contributed by atoms with Gasteiger partial charge in [0.2, 0.25) is 35.3 Å². The maximum Gasteiger partial charge on any atom is 0.407 e. The van der Waals surface area contributed by atoms with Gasteiger partial charge in [-0.2, -0.15) is 10.4 Å². The number of likely N-dealkylation sites (N-methyl/N-ethyl adjacent to an activating group) is 1. The number of hydrogen-bond donors (Lipinski definition) is 9. The Kier molecular flexibility index (Phi) is 24.0. The molecule has 2 aromatic heterocycles. The van der Waals surface area contributed by atoms with E-state index < -0.39 is 35.8 Å². The number of benzene rings is 5. The van der Waals surface area contributed by atoms with E-state index in [0.29, 0.717) is 73.9 Å². The van der Waals surface area contributed by atoms with Crippen molar-refractivity contribution in [2.45, 2.75) is 103 Å². The Bertz CT molecular complexity index is 3550. The standard InChI is InChI=1S/C36H43N9O5.C29H36BrN7O4/c1-45(2)18-17-37-33(46)29-8-4-7-28(21-29)27-6-3-5-24(19-27)20-31(40-34(47)26-11-9-23(10-12-26)22-38-36(49)50)35(48)39-30-15-13-25(14-16-30)32-41-43-44-42-32;1-29(2,3)41-28(40)32-17-18-7-9-21(10-8-18)27(39)37(23-13-11-20(12-14-23)26-33-35-36-34-26)24(25(31)38)16-19-5-4-6-22(30)15-19/h3-8,13-16,19,21,23,26,31,38H,9-12,17-18,20,22H2,1-2H3,(H,37,46)(H,39,48)(H,40,47)(H,49,50)(H,41,42,43,44);4-6,11-15,18,21,24H,7-10,16-17H2,1-3H3,(H2,31,38)(H,32,40)(H,33,34,35,36)/t23?,26?,31-;18?,21?,24-/m00/s1. The summed E-state index contributed by atoms with van der Waals surface area (Å²) in [7, 11) is 3.90. The largest absolute Gasteiger partial charge is 0.465 e. The van der Waals surface area contributed by atoms with Crippen LogP contribution in [0.4, 0.5) is 21.0 Å². The lowest BCUT2D eigenvalue weighted by atomic mass is 9.81. The number of alkyl carbamates (subject to hydrolysis) is 1. The van der Waals surface area contributed by atoms with Gasteiger partial charge in [0.25, 0.3) is 5.91 Å². The van der Waals surface area contributed by atoms with Crippen LogP contribution < -0.4 is 37.2 Å². The maximum absolute atomic E-state index is 14.1. The molecule has 2 aliphatic carbocycles. The van der Waals surface area contributed by atoms with E-state index in [4.69, 9.17) is 15.6 Å². The van der Waals surface area contributed by atoms with Crippen LogP contribution in [0.5, 0.6) is 0 Å². The highest BCUT2D eigenvalue weighted by atomic mass is 79.9. The topological polar surface area (TPSA) is 351 Å². The Morgan fingerprint density at radius 2 is 1.23 bits per heavy atom. The lowest BCUT2D eigenvalue weighted by molar-refractivity contribution is -0.130. The van der Waals surface area contributed by atoms with Crippen LogP contribution in [0.3, 0.4) is 0 Å². The zero-order chi connectivity index (χ0) is 65.0. The third kappa shape index (κ3) is 20.6. The Hall–Kier alpha value is -9.43. The van der Waals surface area contributed by atoms with Crippen LogP contribution in [0, 0.1) is 23.7 Å². The molecule has 0 bridgehead atoms. The van der Waals surface area contributed by atoms with Crippen molar-refractivity contribution in [2.75, 3.05) is 50.5 Å². The van der Waals surface area contributed by atoms with E-state index in [1.54, 1.807) is 59.5 Å². The van der Waals surface area contributed by atoms with Crippen molar-refractivity contribution in [1.82, 2.24) is 67.4 Å². The summed E-state index contributed by atoms with van der Waals surface area (Å²) in [6, 6.07) is 35.1. The van der Waals surface area contributed by atoms with E-state index in [1.807, 2.05) is 106 Å². The van der Waals surface area contributed by atoms with Gasteiger partial charge in [0.15, 0.2) is 0 Å². The second kappa shape index (κ2) is 32.4. The van der Waals surface area contributed by atoms with Crippen molar-refractivity contribution in [2.24, 2.45) is 29.4 Å². The molecule has 480 valence electrons. The first-order valence-electron chi connectivity index (χ1n) is 30.4. The first kappa shape index (κ1) is 67.5. The molecule has 2 atom stereocenters. The summed E-state index contributed by atoms with van der Waals surface area (Å²) in [5.41, 5.74) is 11.9. The number of nitrogens with two attached hydrogens (primary N) is 1. The van der Waals surface area contributed by atoms with E-state index in [-0.39, 0.29) is 60.1 Å². The molecule has 0 saturated heterocycles. The lowest BCUT2D eigenvalue weighted by Crippen LogP contribution is -2.52. The van der Waals surface area contributed by atoms with Gasteiger partial charge in [-0.1, -0.05) is 64.5 Å². The number of aromatic nitrogens is 8. The summed E-state index contributed by atoms with van der Waals surface area (Å²) in [5.74, 6) is -0.749. The fourth-order valence-electron chi connectivity index (χ4n) is 11.1. The molecule has 5 aromatic carbocycles. The van der Waals surface area contributed by atoms with E-state index in [9.17, 15) is 33.6 Å². The number of carbonyl (C=O) groups excluding carboxylic acids is 6. The van der Waals surface area contributed by atoms with Crippen molar-refractivity contribution in [1.29, 1.82) is 0 Å². The van der Waals surface area contributed by atoms with Crippen molar-refractivity contribution in [3.8, 4) is 33.9 Å². The Labute approximate surface area is 536 Å². The van der Waals surface area contributed by atoms with Gasteiger partial charge in [-0.3, -0.25) is 28.9 Å². The van der Waals surface area contributed by atoms with E-state index in [0.717, 1.165) is 70.1 Å². The second-order valence-corrected chi connectivity index (χ2v) is 25.1. The number of primary amides is 1. The molecule has 10 N–H and O–H groups in total. The minimum atomic E-state index is -1.05. The zero-order valence-corrected chi connectivity index (χ0v) is 53.2. The van der Waals surface area contributed by atoms with Gasteiger partial charge in [0, 0.05) is 83.4 Å². The number of aromatic amines is 2. The lowest BCUT2D eigenvalue weighted by Gasteiger charge is -2.36. The minimum absolute atomic E-state index is 0.144. The molecule has 9 rings (SSSR count). The number of tetrazole rings is 2. The molecule has 0 unspecified atom stereocenters. The molecule has 7 aromatic rings. The monoisotopic (exact) mass is 1310 g/mol. The Morgan fingerprint density at radius 3 is 1.79 bits per heavy atom. The fraction of sp³-hybridized carbons (Fsp3) is 0.400. The summed E-state index contributed by atoms with van der Waals surface area (Å²) in [6.45, 7) is 7.59. The Balaban J connectivity index is 0.000000239. The van der Waals surface area contributed by atoms with Crippen LogP contribution in [-0.4, -0.2) is 151 Å². The molecule has 2 saturated carbocycles. The van der Waals surface area contributed by atoms with Crippen molar-refractivity contribution in [3.05, 3.63) is 142 Å². The van der Waals surface area contributed by atoms with E-state index >= 15 is 0 Å². The number of rotatable bonds is 23. The fourth-order valence-corrected chi connectivity index (χ4v) is 11.5. The number of H-pyrrole nitrogens is 2. The molecule has 2 heterocycles. The van der Waals surface area contributed by atoms with E-state index in [2.05, 4.69) is 83.8 Å². The van der Waals surface area contributed by atoms with Gasteiger partial charge in [-0.25, -0.2) is 9.59 Å². The summed E-state index contributed by atoms with van der Waals surface area (Å²) < 4.78 is 6.21. The first-order chi connectivity index (χ1) is 43.6. The van der Waals surface area contributed by atoms with Crippen LogP contribution >= 0.6 is 15.9 Å². The van der Waals surface area contributed by atoms with Gasteiger partial charge in [-0.15, -0.1) is 20.4 Å². The highest BCUT2D eigenvalue weighted by Gasteiger charge is 2.37. The molecule has 26 heteroatoms. The zero-order valence-electron chi connectivity index (χ0n) is 51.7. The predicted octanol–water partition coefficient (Wildman–Crippen LogP) is 7.96. The van der Waals surface area contributed by atoms with Crippen LogP contribution in [-0.2, 0) is 36.8 Å². The summed E-state index contributed by atoms with van der Waals surface area (Å²) in [4.78, 5) is 93.6. The number of carboxylic acid groups (broad SMARTS) is 1. The number of anilines is 2. The number of hydrogen-bond acceptors (Lipinski definition) is 15. The highest BCUT2D eigenvalue weighted by molar-refractivity contribution is 9.10. The highest BCUT2D eigenvalue weighted by Crippen LogP contribution is 2.34. The average Bonchev–Trinajstić information content (AvgIpc) is 1.26. The van der Waals surface area contributed by atoms with Crippen LogP contribution in [0.1, 0.15) is 93.6 Å². The molecule has 7 amide bonds. The molecule has 25 nitrogen and oxygen atoms in total. The van der Waals surface area contributed by atoms with Crippen LogP contribution in [0.2, 0.25) is 0 Å². The number of nitrogens with zero attached hydrogens (tertiary/aromatic N) is 8. The minimum Gasteiger partial charge on any atom is -0.465 e. The molecule has 91 heavy (non-hydrogen) atoms. The smallest absolute Gasteiger partial charge is 0.407 e. The van der Waals surface area contributed by atoms with Crippen LogP contribution in [0.15, 0.2) is 126 Å². The van der Waals surface area contributed by atoms with Gasteiger partial charge >= 0.3 is 12.2 Å². The van der Waals surface area contributed by atoms with Gasteiger partial charge < -0.3 is 47.1 Å². The van der Waals surface area contributed by atoms with Gasteiger partial charge in [0.05, 0.1) is 0 Å². The second-order valence-electron chi connectivity index (χ2n) is 24.2. The predicted molar refractivity (Wildman–Crippen MR) is 346 cm³/mol. The van der Waals surface area contributed by atoms with Crippen molar-refractivity contribution >= 4 is 69.0 Å². The number of halogens is 1. The summed E-state index contributed by atoms with van der Waals surface area (Å²) >= 11 is 3.48. The first-order valence-corrected chi connectivity index (χ1v) is 31.2. The third-order valence-electron chi connectivity index (χ3n) is 15.9. The number of carbonyl (C=O) groups is 7. The Morgan fingerprint density at radius 1 is 0.670 bits per heavy atom. The van der Waals surface area contributed by atoms with Crippen molar-refractivity contribution < 1.29 is 43.4 Å². The third-order valence-corrected chi connectivity index (χ3v) is 16.4. The molecule has 0 spiro atoms. The molecular formula is C65H79BrN16O9. The summed E-state index contributed by atoms with van der Waals surface area (Å²) in [6.07, 6.45) is 4.47.